The number of benzene rings is 2. The number of carbonyl (C=O) groups excluding carboxylic acids is 1. The number of nitrogens with one attached hydrogen (secondary N) is 1. The number of methoxy groups -OCH3 is 2. The van der Waals surface area contributed by atoms with Crippen molar-refractivity contribution in [1.82, 2.24) is 5.32 Å². The van der Waals surface area contributed by atoms with Gasteiger partial charge in [0.1, 0.15) is 0 Å². The second-order valence-electron chi connectivity index (χ2n) is 5.80. The van der Waals surface area contributed by atoms with Gasteiger partial charge in [0.05, 0.1) is 20.3 Å². The lowest BCUT2D eigenvalue weighted by Crippen LogP contribution is -2.26. The molecule has 4 heteroatoms. The molecular weight excluding hydrogens is 314 g/mol. The zero-order valence-electron chi connectivity index (χ0n) is 15.2. The molecule has 0 aromatic heterocycles. The fourth-order valence-electron chi connectivity index (χ4n) is 2.65. The summed E-state index contributed by atoms with van der Waals surface area (Å²) in [5, 5.41) is 3.04. The fraction of sp³-hybridized carbons (Fsp3) is 0.286. The van der Waals surface area contributed by atoms with Crippen molar-refractivity contribution in [2.45, 2.75) is 26.3 Å². The predicted octanol–water partition coefficient (Wildman–Crippen LogP) is 4.29. The molecule has 0 aliphatic heterocycles. The quantitative estimate of drug-likeness (QED) is 0.765. The lowest BCUT2D eigenvalue weighted by molar-refractivity contribution is -0.117. The van der Waals surface area contributed by atoms with Gasteiger partial charge < -0.3 is 14.8 Å². The highest BCUT2D eigenvalue weighted by atomic mass is 16.5. The maximum atomic E-state index is 12.3. The van der Waals surface area contributed by atoms with Crippen LogP contribution in [0.1, 0.15) is 36.1 Å². The van der Waals surface area contributed by atoms with E-state index in [1.54, 1.807) is 20.3 Å². The first-order chi connectivity index (χ1) is 12.1. The molecule has 132 valence electrons. The summed E-state index contributed by atoms with van der Waals surface area (Å²) in [5.41, 5.74) is 3.10. The van der Waals surface area contributed by atoms with Crippen LogP contribution in [0.4, 0.5) is 0 Å². The molecule has 0 spiro atoms. The van der Waals surface area contributed by atoms with Gasteiger partial charge >= 0.3 is 0 Å². The summed E-state index contributed by atoms with van der Waals surface area (Å²) in [4.78, 5) is 12.3. The van der Waals surface area contributed by atoms with Crippen molar-refractivity contribution in [1.29, 1.82) is 0 Å². The topological polar surface area (TPSA) is 47.6 Å². The third kappa shape index (κ3) is 4.86. The Morgan fingerprint density at radius 2 is 1.84 bits per heavy atom. The highest BCUT2D eigenvalue weighted by Crippen LogP contribution is 2.31. The number of hydrogen-bond donors (Lipinski definition) is 1. The van der Waals surface area contributed by atoms with Crippen LogP contribution in [0.3, 0.4) is 0 Å². The van der Waals surface area contributed by atoms with Crippen molar-refractivity contribution in [2.24, 2.45) is 0 Å². The Labute approximate surface area is 149 Å². The van der Waals surface area contributed by atoms with Crippen LogP contribution in [0.5, 0.6) is 11.5 Å². The molecule has 0 heterocycles. The van der Waals surface area contributed by atoms with Gasteiger partial charge in [-0.2, -0.15) is 0 Å². The summed E-state index contributed by atoms with van der Waals surface area (Å²) in [6.45, 7) is 4.10. The van der Waals surface area contributed by atoms with Crippen LogP contribution in [0.2, 0.25) is 0 Å². The molecule has 1 amide bonds. The van der Waals surface area contributed by atoms with Crippen molar-refractivity contribution < 1.29 is 14.3 Å². The first-order valence-corrected chi connectivity index (χ1v) is 8.35. The Morgan fingerprint density at radius 1 is 1.12 bits per heavy atom. The van der Waals surface area contributed by atoms with E-state index in [9.17, 15) is 4.79 Å². The van der Waals surface area contributed by atoms with Gasteiger partial charge in [-0.05, 0) is 31.1 Å². The third-order valence-electron chi connectivity index (χ3n) is 4.05. The zero-order valence-corrected chi connectivity index (χ0v) is 15.2. The van der Waals surface area contributed by atoms with Gasteiger partial charge in [-0.3, -0.25) is 4.79 Å². The molecule has 0 fully saturated rings. The van der Waals surface area contributed by atoms with E-state index >= 15 is 0 Å². The second kappa shape index (κ2) is 8.92. The monoisotopic (exact) mass is 339 g/mol. The highest BCUT2D eigenvalue weighted by Gasteiger charge is 2.11. The van der Waals surface area contributed by atoms with Crippen LogP contribution in [-0.2, 0) is 4.79 Å². The van der Waals surface area contributed by atoms with Gasteiger partial charge in [-0.1, -0.05) is 48.9 Å². The lowest BCUT2D eigenvalue weighted by atomic mass is 10.0. The van der Waals surface area contributed by atoms with Gasteiger partial charge in [-0.25, -0.2) is 0 Å². The number of amides is 1. The summed E-state index contributed by atoms with van der Waals surface area (Å²) in [6, 6.07) is 13.8. The smallest absolute Gasteiger partial charge is 0.244 e. The molecule has 0 unspecified atom stereocenters. The lowest BCUT2D eigenvalue weighted by Gasteiger charge is -2.16. The maximum Gasteiger partial charge on any atom is 0.244 e. The minimum atomic E-state index is -0.141. The Morgan fingerprint density at radius 3 is 2.44 bits per heavy atom. The minimum absolute atomic E-state index is 0.00930. The number of carbonyl (C=O) groups is 1. The average molecular weight is 339 g/mol. The number of aryl methyl sites for hydroxylation is 1. The molecule has 0 saturated carbocycles. The van der Waals surface area contributed by atoms with Gasteiger partial charge in [0.25, 0.3) is 0 Å². The van der Waals surface area contributed by atoms with Crippen LogP contribution >= 0.6 is 0 Å². The molecular formula is C21H25NO3. The normalized spacial score (nSPS) is 12.0. The van der Waals surface area contributed by atoms with E-state index in [-0.39, 0.29) is 11.9 Å². The molecule has 0 radical (unpaired) electrons. The van der Waals surface area contributed by atoms with E-state index in [1.807, 2.05) is 25.1 Å². The molecule has 0 saturated heterocycles. The van der Waals surface area contributed by atoms with Gasteiger partial charge in [0.15, 0.2) is 11.5 Å². The van der Waals surface area contributed by atoms with E-state index in [1.165, 1.54) is 11.6 Å². The first kappa shape index (κ1) is 18.6. The molecule has 0 aliphatic carbocycles. The SMILES string of the molecule is CC[C@@H](NC(=O)/C=C/c1cccc(OC)c1OC)c1ccc(C)cc1. The molecule has 2 rings (SSSR count). The molecule has 1 atom stereocenters. The van der Waals surface area contributed by atoms with E-state index in [0.29, 0.717) is 11.5 Å². The Bertz CT molecular complexity index is 735. The van der Waals surface area contributed by atoms with Crippen LogP contribution < -0.4 is 14.8 Å². The van der Waals surface area contributed by atoms with E-state index in [0.717, 1.165) is 17.5 Å². The number of ether oxygens (including phenoxy) is 2. The molecule has 25 heavy (non-hydrogen) atoms. The van der Waals surface area contributed by atoms with E-state index in [4.69, 9.17) is 9.47 Å². The van der Waals surface area contributed by atoms with Crippen LogP contribution in [0.25, 0.3) is 6.08 Å². The molecule has 4 nitrogen and oxygen atoms in total. The highest BCUT2D eigenvalue weighted by molar-refractivity contribution is 5.92. The van der Waals surface area contributed by atoms with Crippen LogP contribution in [0.15, 0.2) is 48.5 Å². The summed E-state index contributed by atoms with van der Waals surface area (Å²) in [6.07, 6.45) is 4.08. The standard InChI is InChI=1S/C21H25NO3/c1-5-18(16-11-9-15(2)10-12-16)22-20(23)14-13-17-7-6-8-19(24-3)21(17)25-4/h6-14,18H,5H2,1-4H3,(H,22,23)/b14-13+/t18-/m1/s1. The molecule has 0 bridgehead atoms. The predicted molar refractivity (Wildman–Crippen MR) is 101 cm³/mol. The van der Waals surface area contributed by atoms with Crippen molar-refractivity contribution >= 4 is 12.0 Å². The van der Waals surface area contributed by atoms with Gasteiger partial charge in [0.2, 0.25) is 5.91 Å². The Kier molecular flexibility index (Phi) is 6.63. The largest absolute Gasteiger partial charge is 0.493 e. The third-order valence-corrected chi connectivity index (χ3v) is 4.05. The van der Waals surface area contributed by atoms with Gasteiger partial charge in [0, 0.05) is 11.6 Å². The average Bonchev–Trinajstić information content (AvgIpc) is 2.64. The molecule has 1 N–H and O–H groups in total. The zero-order chi connectivity index (χ0) is 18.2. The number of hydrogen-bond acceptors (Lipinski definition) is 3. The van der Waals surface area contributed by atoms with Crippen LogP contribution in [0, 0.1) is 6.92 Å². The molecule has 0 aliphatic rings. The second-order valence-corrected chi connectivity index (χ2v) is 5.80. The van der Waals surface area contributed by atoms with Crippen molar-refractivity contribution in [3.63, 3.8) is 0 Å². The van der Waals surface area contributed by atoms with Crippen LogP contribution in [-0.4, -0.2) is 20.1 Å². The fourth-order valence-corrected chi connectivity index (χ4v) is 2.65. The van der Waals surface area contributed by atoms with E-state index in [2.05, 4.69) is 36.5 Å². The van der Waals surface area contributed by atoms with Crippen molar-refractivity contribution in [3.05, 3.63) is 65.2 Å². The minimum Gasteiger partial charge on any atom is -0.493 e. The maximum absolute atomic E-state index is 12.3. The number of para-hydroxylation sites is 1. The summed E-state index contributed by atoms with van der Waals surface area (Å²) in [7, 11) is 3.17. The Balaban J connectivity index is 2.11. The molecule has 2 aromatic carbocycles. The molecule has 2 aromatic rings. The Hall–Kier alpha value is -2.75. The van der Waals surface area contributed by atoms with Crippen molar-refractivity contribution in [2.75, 3.05) is 14.2 Å². The summed E-state index contributed by atoms with van der Waals surface area (Å²) >= 11 is 0. The number of rotatable bonds is 7. The van der Waals surface area contributed by atoms with Crippen molar-refractivity contribution in [3.8, 4) is 11.5 Å². The summed E-state index contributed by atoms with van der Waals surface area (Å²) < 4.78 is 10.6. The van der Waals surface area contributed by atoms with Gasteiger partial charge in [-0.15, -0.1) is 0 Å². The summed E-state index contributed by atoms with van der Waals surface area (Å²) in [5.74, 6) is 1.10. The first-order valence-electron chi connectivity index (χ1n) is 8.35. The van der Waals surface area contributed by atoms with E-state index < -0.39 is 0 Å².